The second-order valence-electron chi connectivity index (χ2n) is 4.56. The first kappa shape index (κ1) is 15.0. The number of hydrogen-bond acceptors (Lipinski definition) is 6. The summed E-state index contributed by atoms with van der Waals surface area (Å²) in [5.41, 5.74) is 2.56. The maximum absolute atomic E-state index is 5.40. The number of hydrogen-bond donors (Lipinski definition) is 3. The molecule has 5 nitrogen and oxygen atoms in total. The van der Waals surface area contributed by atoms with Crippen LogP contribution in [0, 0.1) is 5.92 Å². The first-order chi connectivity index (χ1) is 8.58. The van der Waals surface area contributed by atoms with Crippen molar-refractivity contribution in [3.8, 4) is 0 Å². The molecule has 0 bridgehead atoms. The van der Waals surface area contributed by atoms with Gasteiger partial charge in [0.1, 0.15) is 11.6 Å². The fraction of sp³-hybridized carbons (Fsp3) is 0.667. The Bertz CT molecular complexity index is 349. The van der Waals surface area contributed by atoms with E-state index in [1.165, 1.54) is 18.2 Å². The lowest BCUT2D eigenvalue weighted by atomic mass is 10.0. The van der Waals surface area contributed by atoms with Gasteiger partial charge in [0.2, 0.25) is 0 Å². The van der Waals surface area contributed by atoms with E-state index < -0.39 is 0 Å². The van der Waals surface area contributed by atoms with E-state index in [9.17, 15) is 0 Å². The van der Waals surface area contributed by atoms with Gasteiger partial charge in [0.15, 0.2) is 5.16 Å². The van der Waals surface area contributed by atoms with Gasteiger partial charge < -0.3 is 10.7 Å². The van der Waals surface area contributed by atoms with Gasteiger partial charge >= 0.3 is 0 Å². The highest BCUT2D eigenvalue weighted by Crippen LogP contribution is 2.19. The molecule has 0 saturated heterocycles. The highest BCUT2D eigenvalue weighted by atomic mass is 32.2. The Morgan fingerprint density at radius 3 is 2.56 bits per heavy atom. The van der Waals surface area contributed by atoms with Crippen molar-refractivity contribution in [3.05, 3.63) is 6.07 Å². The lowest BCUT2D eigenvalue weighted by Crippen LogP contribution is -2.20. The van der Waals surface area contributed by atoms with Gasteiger partial charge in [-0.25, -0.2) is 15.8 Å². The molecule has 18 heavy (non-hydrogen) atoms. The monoisotopic (exact) mass is 269 g/mol. The molecule has 1 rings (SSSR count). The smallest absolute Gasteiger partial charge is 0.191 e. The first-order valence-corrected chi connectivity index (χ1v) is 7.47. The number of aromatic nitrogens is 2. The van der Waals surface area contributed by atoms with Crippen LogP contribution in [0.2, 0.25) is 0 Å². The zero-order valence-corrected chi connectivity index (χ0v) is 12.3. The van der Waals surface area contributed by atoms with Gasteiger partial charge in [0, 0.05) is 12.1 Å². The number of rotatable bonds is 7. The Morgan fingerprint density at radius 2 is 2.00 bits per heavy atom. The maximum Gasteiger partial charge on any atom is 0.191 e. The van der Waals surface area contributed by atoms with Crippen molar-refractivity contribution in [2.45, 2.75) is 44.8 Å². The predicted molar refractivity (Wildman–Crippen MR) is 78.8 cm³/mol. The summed E-state index contributed by atoms with van der Waals surface area (Å²) in [5.74, 6) is 7.56. The molecule has 0 amide bonds. The van der Waals surface area contributed by atoms with Gasteiger partial charge in [0.25, 0.3) is 0 Å². The Kier molecular flexibility index (Phi) is 6.21. The topological polar surface area (TPSA) is 75.9 Å². The third-order valence-corrected chi connectivity index (χ3v) is 3.43. The zero-order valence-electron chi connectivity index (χ0n) is 11.5. The van der Waals surface area contributed by atoms with Gasteiger partial charge in [-0.2, -0.15) is 0 Å². The minimum absolute atomic E-state index is 0.384. The highest BCUT2D eigenvalue weighted by molar-refractivity contribution is 7.98. The van der Waals surface area contributed by atoms with Gasteiger partial charge in [-0.3, -0.25) is 0 Å². The summed E-state index contributed by atoms with van der Waals surface area (Å²) >= 11 is 1.50. The van der Waals surface area contributed by atoms with Crippen LogP contribution in [0.15, 0.2) is 11.2 Å². The Balaban J connectivity index is 2.70. The molecule has 0 aliphatic rings. The highest BCUT2D eigenvalue weighted by Gasteiger charge is 2.09. The molecule has 0 aromatic carbocycles. The van der Waals surface area contributed by atoms with Crippen LogP contribution in [-0.4, -0.2) is 22.3 Å². The summed E-state index contributed by atoms with van der Waals surface area (Å²) in [6, 6.07) is 2.21. The normalized spacial score (nSPS) is 14.1. The van der Waals surface area contributed by atoms with E-state index in [-0.39, 0.29) is 0 Å². The van der Waals surface area contributed by atoms with E-state index in [0.29, 0.717) is 22.9 Å². The Hall–Kier alpha value is -1.01. The van der Waals surface area contributed by atoms with Gasteiger partial charge in [-0.05, 0) is 25.5 Å². The molecule has 0 radical (unpaired) electrons. The number of nitrogens with two attached hydrogens (primary N) is 1. The van der Waals surface area contributed by atoms with Crippen LogP contribution in [0.1, 0.15) is 33.6 Å². The average molecular weight is 269 g/mol. The number of thioether (sulfide) groups is 1. The van der Waals surface area contributed by atoms with Crippen molar-refractivity contribution in [2.75, 3.05) is 17.0 Å². The van der Waals surface area contributed by atoms with Crippen LogP contribution < -0.4 is 16.6 Å². The minimum atomic E-state index is 0.384. The third kappa shape index (κ3) is 4.70. The first-order valence-electron chi connectivity index (χ1n) is 6.25. The number of nitrogens with zero attached hydrogens (tertiary/aromatic N) is 2. The summed E-state index contributed by atoms with van der Waals surface area (Å²) in [7, 11) is 0. The van der Waals surface area contributed by atoms with E-state index in [1.54, 1.807) is 0 Å². The largest absolute Gasteiger partial charge is 0.367 e. The Morgan fingerprint density at radius 1 is 1.33 bits per heavy atom. The van der Waals surface area contributed by atoms with Crippen molar-refractivity contribution in [1.29, 1.82) is 0 Å². The number of anilines is 2. The molecule has 1 aromatic heterocycles. The van der Waals surface area contributed by atoms with Crippen LogP contribution in [-0.2, 0) is 0 Å². The molecule has 0 aliphatic heterocycles. The van der Waals surface area contributed by atoms with Crippen molar-refractivity contribution in [1.82, 2.24) is 9.97 Å². The van der Waals surface area contributed by atoms with E-state index in [2.05, 4.69) is 41.5 Å². The summed E-state index contributed by atoms with van der Waals surface area (Å²) < 4.78 is 0. The molecule has 0 aliphatic carbocycles. The zero-order chi connectivity index (χ0) is 13.5. The molecule has 6 heteroatoms. The quantitative estimate of drug-likeness (QED) is 0.306. The number of nitrogens with one attached hydrogen (secondary N) is 2. The second kappa shape index (κ2) is 7.43. The third-order valence-electron chi connectivity index (χ3n) is 2.88. The van der Waals surface area contributed by atoms with E-state index in [1.807, 2.05) is 12.3 Å². The molecule has 1 aromatic rings. The molecule has 1 heterocycles. The fourth-order valence-corrected chi connectivity index (χ4v) is 2.13. The van der Waals surface area contributed by atoms with Crippen LogP contribution in [0.25, 0.3) is 0 Å². The molecule has 2 unspecified atom stereocenters. The van der Waals surface area contributed by atoms with Crippen molar-refractivity contribution in [3.63, 3.8) is 0 Å². The SMILES string of the molecule is CCC(C)CC(C)Nc1cc(NN)nc(SC)n1. The Labute approximate surface area is 113 Å². The second-order valence-corrected chi connectivity index (χ2v) is 5.34. The van der Waals surface area contributed by atoms with Crippen LogP contribution in [0.5, 0.6) is 0 Å². The van der Waals surface area contributed by atoms with E-state index in [0.717, 1.165) is 12.2 Å². The molecular weight excluding hydrogens is 246 g/mol. The summed E-state index contributed by atoms with van der Waals surface area (Å²) in [4.78, 5) is 8.65. The molecule has 0 saturated carbocycles. The standard InChI is InChI=1S/C12H23N5S/c1-5-8(2)6-9(3)14-10-7-11(17-13)16-12(15-10)18-4/h7-9H,5-6,13H2,1-4H3,(H2,14,15,16,17). The fourth-order valence-electron chi connectivity index (χ4n) is 1.75. The molecule has 4 N–H and O–H groups in total. The maximum atomic E-state index is 5.40. The molecule has 0 fully saturated rings. The van der Waals surface area contributed by atoms with Gasteiger partial charge in [0.05, 0.1) is 0 Å². The van der Waals surface area contributed by atoms with Crippen molar-refractivity contribution >= 4 is 23.4 Å². The molecule has 102 valence electrons. The van der Waals surface area contributed by atoms with Crippen molar-refractivity contribution in [2.24, 2.45) is 11.8 Å². The number of hydrazine groups is 1. The summed E-state index contributed by atoms with van der Waals surface area (Å²) in [6.45, 7) is 6.64. The van der Waals surface area contributed by atoms with Gasteiger partial charge in [-0.1, -0.05) is 32.0 Å². The molecule has 2 atom stereocenters. The van der Waals surface area contributed by atoms with Gasteiger partial charge in [-0.15, -0.1) is 0 Å². The van der Waals surface area contributed by atoms with Crippen LogP contribution in [0.4, 0.5) is 11.6 Å². The predicted octanol–water partition coefficient (Wildman–Crippen LogP) is 2.72. The van der Waals surface area contributed by atoms with Crippen LogP contribution in [0.3, 0.4) is 0 Å². The van der Waals surface area contributed by atoms with E-state index >= 15 is 0 Å². The summed E-state index contributed by atoms with van der Waals surface area (Å²) in [5, 5.41) is 4.11. The lowest BCUT2D eigenvalue weighted by Gasteiger charge is -2.18. The average Bonchev–Trinajstić information content (AvgIpc) is 2.37. The van der Waals surface area contributed by atoms with E-state index in [4.69, 9.17) is 5.84 Å². The van der Waals surface area contributed by atoms with Crippen LogP contribution >= 0.6 is 11.8 Å². The molecule has 0 spiro atoms. The summed E-state index contributed by atoms with van der Waals surface area (Å²) in [6.07, 6.45) is 4.27. The van der Waals surface area contributed by atoms with Crippen molar-refractivity contribution < 1.29 is 0 Å². The lowest BCUT2D eigenvalue weighted by molar-refractivity contribution is 0.483. The molecular formula is C12H23N5S. The number of nitrogen functional groups attached to an aromatic ring is 1. The minimum Gasteiger partial charge on any atom is -0.367 e.